The Morgan fingerprint density at radius 3 is 2.58 bits per heavy atom. The highest BCUT2D eigenvalue weighted by Gasteiger charge is 2.26. The van der Waals surface area contributed by atoms with Gasteiger partial charge in [0.2, 0.25) is 0 Å². The minimum absolute atomic E-state index is 0.485. The lowest BCUT2D eigenvalue weighted by molar-refractivity contribution is 0.252. The number of nitrogen functional groups attached to an aromatic ring is 1. The molecule has 3 heterocycles. The van der Waals surface area contributed by atoms with Gasteiger partial charge in [0.05, 0.1) is 0 Å². The minimum Gasteiger partial charge on any atom is -0.393 e. The van der Waals surface area contributed by atoms with Crippen LogP contribution in [0.15, 0.2) is 30.6 Å². The van der Waals surface area contributed by atoms with E-state index in [4.69, 9.17) is 5.73 Å². The number of benzene rings is 1. The molecule has 2 N–H and O–H groups in total. The fourth-order valence-electron chi connectivity index (χ4n) is 4.14. The smallest absolute Gasteiger partial charge is 0.157 e. The molecule has 6 nitrogen and oxygen atoms in total. The van der Waals surface area contributed by atoms with Crippen molar-refractivity contribution in [3.8, 4) is 0 Å². The van der Waals surface area contributed by atoms with Crippen LogP contribution in [0.4, 0.5) is 17.3 Å². The summed E-state index contributed by atoms with van der Waals surface area (Å²) in [6.07, 6.45) is 4.97. The van der Waals surface area contributed by atoms with E-state index in [1.807, 2.05) is 0 Å². The van der Waals surface area contributed by atoms with Crippen LogP contribution in [0.3, 0.4) is 0 Å². The number of fused-ring (bicyclic) bond motifs is 1. The molecular formula is C20H28N6. The van der Waals surface area contributed by atoms with Crippen LogP contribution in [-0.4, -0.2) is 54.6 Å². The third-order valence-electron chi connectivity index (χ3n) is 5.84. The lowest BCUT2D eigenvalue weighted by Crippen LogP contribution is -2.42. The fourth-order valence-corrected chi connectivity index (χ4v) is 4.14. The Balaban J connectivity index is 1.56. The molecule has 2 aliphatic heterocycles. The first-order valence-corrected chi connectivity index (χ1v) is 9.47. The SMILES string of the molecule is CN1CCC(N(C)c2ncnc(N3CCc4ccccc4C3)c2N)CC1. The van der Waals surface area contributed by atoms with Gasteiger partial charge >= 0.3 is 0 Å². The highest BCUT2D eigenvalue weighted by molar-refractivity contribution is 5.76. The van der Waals surface area contributed by atoms with Crippen molar-refractivity contribution in [3.63, 3.8) is 0 Å². The highest BCUT2D eigenvalue weighted by Crippen LogP contribution is 2.33. The van der Waals surface area contributed by atoms with E-state index in [9.17, 15) is 0 Å². The van der Waals surface area contributed by atoms with Gasteiger partial charge in [0, 0.05) is 26.2 Å². The summed E-state index contributed by atoms with van der Waals surface area (Å²) in [5.41, 5.74) is 10.0. The van der Waals surface area contributed by atoms with E-state index in [1.165, 1.54) is 11.1 Å². The average molecular weight is 352 g/mol. The molecule has 0 saturated carbocycles. The standard InChI is InChI=1S/C20H28N6/c1-24-10-8-17(9-11-24)25(2)19-18(21)20(23-14-22-19)26-12-7-15-5-3-4-6-16(15)13-26/h3-6,14,17H,7-13,21H2,1-2H3. The van der Waals surface area contributed by atoms with E-state index in [-0.39, 0.29) is 0 Å². The zero-order chi connectivity index (χ0) is 18.1. The second-order valence-electron chi connectivity index (χ2n) is 7.52. The Labute approximate surface area is 155 Å². The molecule has 1 saturated heterocycles. The molecule has 1 fully saturated rings. The molecule has 0 bridgehead atoms. The van der Waals surface area contributed by atoms with Gasteiger partial charge in [-0.1, -0.05) is 24.3 Å². The largest absolute Gasteiger partial charge is 0.393 e. The van der Waals surface area contributed by atoms with E-state index in [0.29, 0.717) is 11.7 Å². The van der Waals surface area contributed by atoms with Gasteiger partial charge in [-0.15, -0.1) is 0 Å². The van der Waals surface area contributed by atoms with Crippen LogP contribution >= 0.6 is 0 Å². The van der Waals surface area contributed by atoms with Gasteiger partial charge in [0.1, 0.15) is 12.0 Å². The lowest BCUT2D eigenvalue weighted by atomic mass is 10.00. The molecule has 2 aliphatic rings. The van der Waals surface area contributed by atoms with E-state index >= 15 is 0 Å². The molecule has 0 atom stereocenters. The third kappa shape index (κ3) is 3.21. The third-order valence-corrected chi connectivity index (χ3v) is 5.84. The predicted octanol–water partition coefficient (Wildman–Crippen LogP) is 2.15. The Morgan fingerprint density at radius 2 is 1.81 bits per heavy atom. The number of hydrogen-bond donors (Lipinski definition) is 1. The van der Waals surface area contributed by atoms with Gasteiger partial charge in [-0.3, -0.25) is 0 Å². The van der Waals surface area contributed by atoms with Crippen molar-refractivity contribution in [2.45, 2.75) is 31.8 Å². The molecule has 1 aromatic heterocycles. The second kappa shape index (κ2) is 7.11. The van der Waals surface area contributed by atoms with Crippen LogP contribution in [-0.2, 0) is 13.0 Å². The van der Waals surface area contributed by atoms with Crippen molar-refractivity contribution in [1.82, 2.24) is 14.9 Å². The van der Waals surface area contributed by atoms with Crippen molar-refractivity contribution in [3.05, 3.63) is 41.7 Å². The van der Waals surface area contributed by atoms with Gasteiger partial charge in [-0.05, 0) is 50.5 Å². The number of nitrogens with zero attached hydrogens (tertiary/aromatic N) is 5. The molecule has 0 radical (unpaired) electrons. The van der Waals surface area contributed by atoms with E-state index in [2.05, 4.69) is 63.0 Å². The minimum atomic E-state index is 0.485. The summed E-state index contributed by atoms with van der Waals surface area (Å²) in [4.78, 5) is 16.0. The van der Waals surface area contributed by atoms with Crippen molar-refractivity contribution >= 4 is 17.3 Å². The summed E-state index contributed by atoms with van der Waals surface area (Å²) in [6.45, 7) is 4.04. The molecule has 2 aromatic rings. The van der Waals surface area contributed by atoms with E-state index in [0.717, 1.165) is 57.1 Å². The first kappa shape index (κ1) is 17.1. The van der Waals surface area contributed by atoms with Gasteiger partial charge < -0.3 is 20.4 Å². The maximum atomic E-state index is 6.55. The van der Waals surface area contributed by atoms with Crippen LogP contribution in [0.2, 0.25) is 0 Å². The predicted molar refractivity (Wildman–Crippen MR) is 107 cm³/mol. The molecule has 0 spiro atoms. The molecule has 1 aromatic carbocycles. The number of rotatable bonds is 3. The molecule has 0 aliphatic carbocycles. The quantitative estimate of drug-likeness (QED) is 0.913. The summed E-state index contributed by atoms with van der Waals surface area (Å²) < 4.78 is 0. The first-order valence-electron chi connectivity index (χ1n) is 9.47. The Morgan fingerprint density at radius 1 is 1.08 bits per heavy atom. The van der Waals surface area contributed by atoms with Crippen molar-refractivity contribution < 1.29 is 0 Å². The molecule has 6 heteroatoms. The van der Waals surface area contributed by atoms with Crippen LogP contribution in [0, 0.1) is 0 Å². The van der Waals surface area contributed by atoms with Crippen LogP contribution < -0.4 is 15.5 Å². The molecule has 0 unspecified atom stereocenters. The van der Waals surface area contributed by atoms with Crippen molar-refractivity contribution in [2.75, 3.05) is 49.3 Å². The summed E-state index contributed by atoms with van der Waals surface area (Å²) in [7, 11) is 4.30. The summed E-state index contributed by atoms with van der Waals surface area (Å²) in [5.74, 6) is 1.73. The summed E-state index contributed by atoms with van der Waals surface area (Å²) >= 11 is 0. The van der Waals surface area contributed by atoms with Gasteiger partial charge in [0.15, 0.2) is 11.6 Å². The van der Waals surface area contributed by atoms with Gasteiger partial charge in [-0.2, -0.15) is 0 Å². The molecule has 0 amide bonds. The number of likely N-dealkylation sites (tertiary alicyclic amines) is 1. The number of hydrogen-bond acceptors (Lipinski definition) is 6. The zero-order valence-corrected chi connectivity index (χ0v) is 15.7. The van der Waals surface area contributed by atoms with Gasteiger partial charge in [-0.25, -0.2) is 9.97 Å². The molecular weight excluding hydrogens is 324 g/mol. The van der Waals surface area contributed by atoms with Gasteiger partial charge in [0.25, 0.3) is 0 Å². The Bertz CT molecular complexity index is 769. The fraction of sp³-hybridized carbons (Fsp3) is 0.500. The maximum Gasteiger partial charge on any atom is 0.157 e. The normalized spacial score (nSPS) is 18.6. The number of piperidine rings is 1. The number of anilines is 3. The van der Waals surface area contributed by atoms with Crippen molar-refractivity contribution in [2.24, 2.45) is 0 Å². The van der Waals surface area contributed by atoms with Crippen LogP contribution in [0.5, 0.6) is 0 Å². The number of nitrogens with two attached hydrogens (primary N) is 1. The zero-order valence-electron chi connectivity index (χ0n) is 15.7. The molecule has 4 rings (SSSR count). The topological polar surface area (TPSA) is 61.5 Å². The van der Waals surface area contributed by atoms with Crippen molar-refractivity contribution in [1.29, 1.82) is 0 Å². The summed E-state index contributed by atoms with van der Waals surface area (Å²) in [5, 5.41) is 0. The van der Waals surface area contributed by atoms with E-state index in [1.54, 1.807) is 6.33 Å². The summed E-state index contributed by atoms with van der Waals surface area (Å²) in [6, 6.07) is 9.12. The maximum absolute atomic E-state index is 6.55. The monoisotopic (exact) mass is 352 g/mol. The molecule has 138 valence electrons. The molecule has 26 heavy (non-hydrogen) atoms. The second-order valence-corrected chi connectivity index (χ2v) is 7.52. The van der Waals surface area contributed by atoms with E-state index < -0.39 is 0 Å². The first-order chi connectivity index (χ1) is 12.6. The van der Waals surface area contributed by atoms with Crippen LogP contribution in [0.25, 0.3) is 0 Å². The highest BCUT2D eigenvalue weighted by atomic mass is 15.3. The van der Waals surface area contributed by atoms with Crippen LogP contribution in [0.1, 0.15) is 24.0 Å². The Kier molecular flexibility index (Phi) is 4.68. The average Bonchev–Trinajstić information content (AvgIpc) is 2.68. The number of aromatic nitrogens is 2. The Hall–Kier alpha value is -2.34. The lowest BCUT2D eigenvalue weighted by Gasteiger charge is -2.37.